The summed E-state index contributed by atoms with van der Waals surface area (Å²) in [5, 5.41) is 10.7. The molecule has 0 fully saturated rings. The quantitative estimate of drug-likeness (QED) is 0.159. The van der Waals surface area contributed by atoms with Gasteiger partial charge in [0.25, 0.3) is 0 Å². The van der Waals surface area contributed by atoms with Gasteiger partial charge in [0, 0.05) is 57.6 Å². The average Bonchev–Trinajstić information content (AvgIpc) is 2.83. The third-order valence-electron chi connectivity index (χ3n) is 6.87. The lowest BCUT2D eigenvalue weighted by Gasteiger charge is -2.31. The van der Waals surface area contributed by atoms with Gasteiger partial charge in [-0.2, -0.15) is 0 Å². The van der Waals surface area contributed by atoms with Crippen LogP contribution < -0.4 is 21.7 Å². The fourth-order valence-corrected chi connectivity index (χ4v) is 4.55. The number of hydrogen-bond acceptors (Lipinski definition) is 5. The molecule has 0 aromatic rings. The molecule has 5 nitrogen and oxygen atoms in total. The largest absolute Gasteiger partial charge is 0.401 e. The first-order valence-electron chi connectivity index (χ1n) is 13.4. The number of nitrogens with zero attached hydrogens (tertiary/aromatic N) is 1. The summed E-state index contributed by atoms with van der Waals surface area (Å²) >= 11 is 0. The summed E-state index contributed by atoms with van der Waals surface area (Å²) < 4.78 is 0. The van der Waals surface area contributed by atoms with Crippen LogP contribution in [0.25, 0.3) is 0 Å². The van der Waals surface area contributed by atoms with E-state index in [1.807, 2.05) is 12.2 Å². The van der Waals surface area contributed by atoms with E-state index in [4.69, 9.17) is 5.73 Å². The summed E-state index contributed by atoms with van der Waals surface area (Å²) in [7, 11) is 0. The molecule has 188 valence electrons. The normalized spacial score (nSPS) is 24.5. The molecule has 33 heavy (non-hydrogen) atoms. The molecule has 1 heterocycles. The lowest BCUT2D eigenvalue weighted by molar-refractivity contribution is 0.205. The van der Waals surface area contributed by atoms with Gasteiger partial charge in [-0.15, -0.1) is 0 Å². The number of hydrogen-bond donors (Lipinski definition) is 4. The average molecular weight is 458 g/mol. The summed E-state index contributed by atoms with van der Waals surface area (Å²) in [6.07, 6.45) is 22.7. The monoisotopic (exact) mass is 457 g/mol. The standard InChI is InChI=1S/C28H51N5/c1-4-6-7-10-27(29)20-31-19-25-12-14-26(15-13-25)23-33(22-24(3)5-2)18-17-30-21-28-11-8-9-16-32-28/h6-7,9-10,12,14,16,24-26,28,30-32H,4-5,8,11,13,15,17-23,29H2,1-3H3/b7-6-,27-10-. The molecular formula is C28H51N5. The van der Waals surface area contributed by atoms with Gasteiger partial charge in [0.05, 0.1) is 0 Å². The van der Waals surface area contributed by atoms with Crippen molar-refractivity contribution in [3.63, 3.8) is 0 Å². The number of allylic oxidation sites excluding steroid dienone is 4. The second-order valence-corrected chi connectivity index (χ2v) is 10.0. The van der Waals surface area contributed by atoms with Crippen LogP contribution in [0.1, 0.15) is 59.3 Å². The molecule has 1 aliphatic heterocycles. The van der Waals surface area contributed by atoms with Gasteiger partial charge in [-0.1, -0.05) is 57.6 Å². The molecule has 1 aliphatic carbocycles. The minimum atomic E-state index is 0.587. The van der Waals surface area contributed by atoms with Crippen LogP contribution in [0, 0.1) is 17.8 Å². The van der Waals surface area contributed by atoms with Crippen molar-refractivity contribution < 1.29 is 0 Å². The van der Waals surface area contributed by atoms with Crippen LogP contribution in [0.3, 0.4) is 0 Å². The van der Waals surface area contributed by atoms with Crippen molar-refractivity contribution in [1.82, 2.24) is 20.9 Å². The van der Waals surface area contributed by atoms with Gasteiger partial charge in [-0.3, -0.25) is 0 Å². The Morgan fingerprint density at radius 2 is 1.97 bits per heavy atom. The molecule has 0 saturated heterocycles. The predicted octanol–water partition coefficient (Wildman–Crippen LogP) is 4.17. The van der Waals surface area contributed by atoms with E-state index >= 15 is 0 Å². The minimum Gasteiger partial charge on any atom is -0.401 e. The zero-order chi connectivity index (χ0) is 23.7. The Balaban J connectivity index is 1.70. The SMILES string of the molecule is CC/C=C\C=C(/N)CNCC1C=CC(CN(CCNCC2CCC=CN2)CC(C)CC)CC1. The molecule has 4 atom stereocenters. The molecule has 2 aliphatic rings. The smallest absolute Gasteiger partial charge is 0.0383 e. The van der Waals surface area contributed by atoms with Crippen LogP contribution in [0.5, 0.6) is 0 Å². The zero-order valence-corrected chi connectivity index (χ0v) is 21.6. The highest BCUT2D eigenvalue weighted by Gasteiger charge is 2.19. The highest BCUT2D eigenvalue weighted by Crippen LogP contribution is 2.23. The summed E-state index contributed by atoms with van der Waals surface area (Å²) in [5.74, 6) is 2.06. The van der Waals surface area contributed by atoms with E-state index in [1.165, 1.54) is 45.2 Å². The molecule has 0 amide bonds. The Morgan fingerprint density at radius 3 is 2.67 bits per heavy atom. The topological polar surface area (TPSA) is 65.3 Å². The van der Waals surface area contributed by atoms with Crippen LogP contribution in [-0.2, 0) is 0 Å². The van der Waals surface area contributed by atoms with Crippen molar-refractivity contribution in [3.8, 4) is 0 Å². The molecule has 4 unspecified atom stereocenters. The fraction of sp³-hybridized carbons (Fsp3) is 0.714. The Kier molecular flexibility index (Phi) is 14.2. The molecule has 0 bridgehead atoms. The van der Waals surface area contributed by atoms with E-state index in [1.54, 1.807) is 0 Å². The van der Waals surface area contributed by atoms with Crippen LogP contribution in [0.4, 0.5) is 0 Å². The highest BCUT2D eigenvalue weighted by molar-refractivity contribution is 5.10. The molecule has 5 heteroatoms. The van der Waals surface area contributed by atoms with Gasteiger partial charge in [0.1, 0.15) is 0 Å². The van der Waals surface area contributed by atoms with Crippen molar-refractivity contribution in [1.29, 1.82) is 0 Å². The third-order valence-corrected chi connectivity index (χ3v) is 6.87. The first kappa shape index (κ1) is 27.7. The maximum Gasteiger partial charge on any atom is 0.0383 e. The Hall–Kier alpha value is -1.56. The van der Waals surface area contributed by atoms with Crippen LogP contribution >= 0.6 is 0 Å². The molecule has 0 aromatic heterocycles. The second-order valence-electron chi connectivity index (χ2n) is 10.0. The molecule has 0 aromatic carbocycles. The van der Waals surface area contributed by atoms with Gasteiger partial charge in [0.2, 0.25) is 0 Å². The minimum absolute atomic E-state index is 0.587. The first-order chi connectivity index (χ1) is 16.1. The van der Waals surface area contributed by atoms with Crippen LogP contribution in [0.2, 0.25) is 0 Å². The van der Waals surface area contributed by atoms with E-state index in [2.05, 4.69) is 72.1 Å². The second kappa shape index (κ2) is 17.0. The highest BCUT2D eigenvalue weighted by atomic mass is 15.1. The Bertz CT molecular complexity index is 624. The van der Waals surface area contributed by atoms with Gasteiger partial charge in [-0.05, 0) is 62.1 Å². The molecular weight excluding hydrogens is 406 g/mol. The fourth-order valence-electron chi connectivity index (χ4n) is 4.55. The summed E-state index contributed by atoms with van der Waals surface area (Å²) in [5.41, 5.74) is 6.97. The van der Waals surface area contributed by atoms with E-state index < -0.39 is 0 Å². The molecule has 0 spiro atoms. The molecule has 5 N–H and O–H groups in total. The predicted molar refractivity (Wildman–Crippen MR) is 144 cm³/mol. The molecule has 2 rings (SSSR count). The van der Waals surface area contributed by atoms with Gasteiger partial charge < -0.3 is 26.6 Å². The van der Waals surface area contributed by atoms with E-state index in [9.17, 15) is 0 Å². The van der Waals surface area contributed by atoms with E-state index in [-0.39, 0.29) is 0 Å². The number of nitrogens with one attached hydrogen (secondary N) is 3. The lowest BCUT2D eigenvalue weighted by Crippen LogP contribution is -2.42. The van der Waals surface area contributed by atoms with Gasteiger partial charge >= 0.3 is 0 Å². The summed E-state index contributed by atoms with van der Waals surface area (Å²) in [6, 6.07) is 0.587. The third kappa shape index (κ3) is 12.5. The number of nitrogens with two attached hydrogens (primary N) is 1. The van der Waals surface area contributed by atoms with Gasteiger partial charge in [0.15, 0.2) is 0 Å². The zero-order valence-electron chi connectivity index (χ0n) is 21.6. The number of rotatable bonds is 16. The Morgan fingerprint density at radius 1 is 1.15 bits per heavy atom. The molecule has 0 saturated carbocycles. The first-order valence-corrected chi connectivity index (χ1v) is 13.4. The maximum absolute atomic E-state index is 6.06. The lowest BCUT2D eigenvalue weighted by atomic mass is 9.88. The molecule has 0 radical (unpaired) electrons. The van der Waals surface area contributed by atoms with Crippen LogP contribution in [0.15, 0.2) is 48.4 Å². The Labute approximate surface area is 204 Å². The van der Waals surface area contributed by atoms with Crippen molar-refractivity contribution in [2.75, 3.05) is 45.8 Å². The van der Waals surface area contributed by atoms with E-state index in [0.29, 0.717) is 17.9 Å². The van der Waals surface area contributed by atoms with Gasteiger partial charge in [-0.25, -0.2) is 0 Å². The summed E-state index contributed by atoms with van der Waals surface area (Å²) in [4.78, 5) is 2.69. The summed E-state index contributed by atoms with van der Waals surface area (Å²) in [6.45, 7) is 14.3. The van der Waals surface area contributed by atoms with Crippen molar-refractivity contribution in [3.05, 3.63) is 48.4 Å². The van der Waals surface area contributed by atoms with Crippen molar-refractivity contribution >= 4 is 0 Å². The van der Waals surface area contributed by atoms with E-state index in [0.717, 1.165) is 50.8 Å². The van der Waals surface area contributed by atoms with Crippen LogP contribution in [-0.4, -0.2) is 56.8 Å². The maximum atomic E-state index is 6.06. The van der Waals surface area contributed by atoms with Crippen molar-refractivity contribution in [2.45, 2.75) is 65.3 Å². The van der Waals surface area contributed by atoms with Crippen molar-refractivity contribution in [2.24, 2.45) is 23.5 Å².